The van der Waals surface area contributed by atoms with Crippen molar-refractivity contribution in [2.24, 2.45) is 0 Å². The van der Waals surface area contributed by atoms with Crippen molar-refractivity contribution in [2.45, 2.75) is 45.1 Å². The molecule has 1 saturated heterocycles. The van der Waals surface area contributed by atoms with Crippen LogP contribution in [0.25, 0.3) is 5.65 Å². The summed E-state index contributed by atoms with van der Waals surface area (Å²) in [5.41, 5.74) is -0.393. The minimum absolute atomic E-state index is 0.0597. The average Bonchev–Trinajstić information content (AvgIpc) is 3.26. The topological polar surface area (TPSA) is 126 Å². The zero-order valence-corrected chi connectivity index (χ0v) is 21.4. The number of carbonyl (C=O) groups is 3. The van der Waals surface area contributed by atoms with E-state index in [0.29, 0.717) is 31.6 Å². The average molecular weight is 532 g/mol. The lowest BCUT2D eigenvalue weighted by Crippen LogP contribution is -2.41. The summed E-state index contributed by atoms with van der Waals surface area (Å²) < 4.78 is 21.0. The van der Waals surface area contributed by atoms with Gasteiger partial charge in [0.1, 0.15) is 16.8 Å². The maximum absolute atomic E-state index is 14.1. The third-order valence-corrected chi connectivity index (χ3v) is 6.30. The number of hydrogen-bond donors (Lipinski definition) is 2. The minimum atomic E-state index is -0.855. The highest BCUT2D eigenvalue weighted by Crippen LogP contribution is 2.28. The maximum atomic E-state index is 14.1. The maximum Gasteiger partial charge on any atom is 0.410 e. The molecule has 4 rings (SSSR count). The van der Waals surface area contributed by atoms with Gasteiger partial charge in [0.2, 0.25) is 0 Å². The van der Waals surface area contributed by atoms with Crippen LogP contribution in [-0.4, -0.2) is 62.5 Å². The second kappa shape index (κ2) is 10.3. The number of aromatic amines is 1. The predicted octanol–water partition coefficient (Wildman–Crippen LogP) is 3.54. The van der Waals surface area contributed by atoms with Crippen molar-refractivity contribution in [1.29, 1.82) is 0 Å². The van der Waals surface area contributed by atoms with Crippen LogP contribution in [0.1, 0.15) is 65.9 Å². The first kappa shape index (κ1) is 26.3. The first-order valence-corrected chi connectivity index (χ1v) is 12.2. The van der Waals surface area contributed by atoms with Gasteiger partial charge >= 0.3 is 6.09 Å². The van der Waals surface area contributed by atoms with Crippen LogP contribution in [0.15, 0.2) is 35.3 Å². The number of nitrogens with zero attached hydrogens (tertiary/aromatic N) is 3. The number of carbonyl (C=O) groups excluding carboxylic acids is 3. The first-order valence-electron chi connectivity index (χ1n) is 11.8. The molecule has 0 unspecified atom stereocenters. The Hall–Kier alpha value is -3.73. The number of fused-ring (bicyclic) bond motifs is 1. The number of hydrogen-bond acceptors (Lipinski definition) is 6. The predicted molar refractivity (Wildman–Crippen MR) is 134 cm³/mol. The molecule has 12 heteroatoms. The summed E-state index contributed by atoms with van der Waals surface area (Å²) in [6.45, 7) is 5.85. The smallest absolute Gasteiger partial charge is 0.410 e. The molecular formula is C25H27ClFN5O5. The molecule has 1 aromatic carbocycles. The summed E-state index contributed by atoms with van der Waals surface area (Å²) in [4.78, 5) is 54.3. The van der Waals surface area contributed by atoms with Crippen LogP contribution in [-0.2, 0) is 4.74 Å². The van der Waals surface area contributed by atoms with Gasteiger partial charge in [-0.2, -0.15) is 5.10 Å². The van der Waals surface area contributed by atoms with Crippen LogP contribution in [0.4, 0.5) is 9.18 Å². The Bertz CT molecular complexity index is 1420. The van der Waals surface area contributed by atoms with Crippen molar-refractivity contribution >= 4 is 35.0 Å². The van der Waals surface area contributed by atoms with Gasteiger partial charge in [-0.05, 0) is 45.7 Å². The normalized spacial score (nSPS) is 14.6. The SMILES string of the molecule is CC(C)(C)OC(=O)N1CCC(c2cc(=O)[nH]c3c(C(=O)NCC(=O)c4cccc(Cl)c4F)cnn23)CC1. The van der Waals surface area contributed by atoms with Crippen molar-refractivity contribution in [3.63, 3.8) is 0 Å². The molecule has 0 bridgehead atoms. The Morgan fingerprint density at radius 1 is 1.22 bits per heavy atom. The molecule has 3 heterocycles. The summed E-state index contributed by atoms with van der Waals surface area (Å²) in [6, 6.07) is 5.47. The Kier molecular flexibility index (Phi) is 7.35. The van der Waals surface area contributed by atoms with Gasteiger partial charge in [0.15, 0.2) is 11.6 Å². The molecular weight excluding hydrogens is 505 g/mol. The van der Waals surface area contributed by atoms with E-state index in [0.717, 1.165) is 0 Å². The number of likely N-dealkylation sites (tertiary alicyclic amines) is 1. The molecule has 196 valence electrons. The molecule has 0 spiro atoms. The van der Waals surface area contributed by atoms with Crippen molar-refractivity contribution in [3.05, 3.63) is 68.5 Å². The van der Waals surface area contributed by atoms with Gasteiger partial charge in [0, 0.05) is 25.1 Å². The Morgan fingerprint density at radius 3 is 2.59 bits per heavy atom. The number of H-pyrrole nitrogens is 1. The first-order chi connectivity index (χ1) is 17.4. The Labute approximate surface area is 216 Å². The van der Waals surface area contributed by atoms with Gasteiger partial charge in [-0.25, -0.2) is 13.7 Å². The second-order valence-electron chi connectivity index (χ2n) is 9.83. The van der Waals surface area contributed by atoms with Crippen molar-refractivity contribution < 1.29 is 23.5 Å². The summed E-state index contributed by atoms with van der Waals surface area (Å²) in [7, 11) is 0. The highest BCUT2D eigenvalue weighted by atomic mass is 35.5. The number of aromatic nitrogens is 3. The van der Waals surface area contributed by atoms with Crippen LogP contribution in [0.5, 0.6) is 0 Å². The third kappa shape index (κ3) is 5.82. The van der Waals surface area contributed by atoms with E-state index in [1.165, 1.54) is 35.0 Å². The summed E-state index contributed by atoms with van der Waals surface area (Å²) >= 11 is 5.72. The van der Waals surface area contributed by atoms with Gasteiger partial charge in [-0.15, -0.1) is 0 Å². The van der Waals surface area contributed by atoms with Crippen molar-refractivity contribution in [3.8, 4) is 0 Å². The van der Waals surface area contributed by atoms with Gasteiger partial charge in [-0.1, -0.05) is 17.7 Å². The van der Waals surface area contributed by atoms with Crippen molar-refractivity contribution in [2.75, 3.05) is 19.6 Å². The molecule has 1 fully saturated rings. The van der Waals surface area contributed by atoms with E-state index in [4.69, 9.17) is 16.3 Å². The molecule has 0 atom stereocenters. The lowest BCUT2D eigenvalue weighted by atomic mass is 9.93. The number of ether oxygens (including phenoxy) is 1. The highest BCUT2D eigenvalue weighted by Gasteiger charge is 2.29. The van der Waals surface area contributed by atoms with Crippen LogP contribution < -0.4 is 10.9 Å². The lowest BCUT2D eigenvalue weighted by molar-refractivity contribution is 0.0203. The van der Waals surface area contributed by atoms with E-state index >= 15 is 0 Å². The van der Waals surface area contributed by atoms with Gasteiger partial charge in [-0.3, -0.25) is 14.4 Å². The standard InChI is InChI=1S/C25H27ClFN5O5/c1-25(2,3)37-24(36)31-9-7-14(8-10-31)18-11-20(34)30-22-16(12-29-32(18)22)23(35)28-13-19(33)15-5-4-6-17(26)21(15)27/h4-6,11-12,14H,7-10,13H2,1-3H3,(H,28,35)(H,30,34). The van der Waals surface area contributed by atoms with Gasteiger partial charge < -0.3 is 19.9 Å². The van der Waals surface area contributed by atoms with E-state index in [-0.39, 0.29) is 33.8 Å². The molecule has 2 N–H and O–H groups in total. The van der Waals surface area contributed by atoms with E-state index in [2.05, 4.69) is 15.4 Å². The third-order valence-electron chi connectivity index (χ3n) is 6.01. The number of ketones is 1. The highest BCUT2D eigenvalue weighted by molar-refractivity contribution is 6.31. The monoisotopic (exact) mass is 531 g/mol. The van der Waals surface area contributed by atoms with E-state index < -0.39 is 35.2 Å². The van der Waals surface area contributed by atoms with E-state index in [9.17, 15) is 23.6 Å². The largest absolute Gasteiger partial charge is 0.444 e. The summed E-state index contributed by atoms with van der Waals surface area (Å²) in [6.07, 6.45) is 2.08. The van der Waals surface area contributed by atoms with E-state index in [1.54, 1.807) is 4.90 Å². The van der Waals surface area contributed by atoms with Crippen LogP contribution >= 0.6 is 11.6 Å². The number of nitrogens with one attached hydrogen (secondary N) is 2. The Morgan fingerprint density at radius 2 is 1.92 bits per heavy atom. The van der Waals surface area contributed by atoms with Crippen molar-refractivity contribution in [1.82, 2.24) is 24.8 Å². The second-order valence-corrected chi connectivity index (χ2v) is 10.2. The summed E-state index contributed by atoms with van der Waals surface area (Å²) in [5.74, 6) is -2.24. The van der Waals surface area contributed by atoms with Gasteiger partial charge in [0.05, 0.1) is 29.0 Å². The number of halogens is 2. The summed E-state index contributed by atoms with van der Waals surface area (Å²) in [5, 5.41) is 6.54. The lowest BCUT2D eigenvalue weighted by Gasteiger charge is -2.33. The number of Topliss-reactive ketones (excluding diaryl/α,β-unsaturated/α-hetero) is 1. The van der Waals surface area contributed by atoms with Crippen LogP contribution in [0.3, 0.4) is 0 Å². The van der Waals surface area contributed by atoms with Crippen LogP contribution in [0.2, 0.25) is 5.02 Å². The van der Waals surface area contributed by atoms with Gasteiger partial charge in [0.25, 0.3) is 11.5 Å². The fourth-order valence-corrected chi connectivity index (χ4v) is 4.40. The number of piperidine rings is 1. The zero-order valence-electron chi connectivity index (χ0n) is 20.6. The molecule has 0 saturated carbocycles. The molecule has 2 amide bonds. The van der Waals surface area contributed by atoms with E-state index in [1.807, 2.05) is 20.8 Å². The minimum Gasteiger partial charge on any atom is -0.444 e. The quantitative estimate of drug-likeness (QED) is 0.485. The fraction of sp³-hybridized carbons (Fsp3) is 0.400. The molecule has 2 aromatic heterocycles. The molecule has 3 aromatic rings. The molecule has 0 aliphatic carbocycles. The molecule has 1 aliphatic rings. The molecule has 0 radical (unpaired) electrons. The number of benzene rings is 1. The molecule has 37 heavy (non-hydrogen) atoms. The molecule has 1 aliphatic heterocycles. The zero-order chi connectivity index (χ0) is 26.9. The van der Waals surface area contributed by atoms with Crippen LogP contribution in [0, 0.1) is 5.82 Å². The molecule has 10 nitrogen and oxygen atoms in total. The fourth-order valence-electron chi connectivity index (χ4n) is 4.22. The Balaban J connectivity index is 1.48. The number of amides is 2. The number of rotatable bonds is 5.